The summed E-state index contributed by atoms with van der Waals surface area (Å²) in [5, 5.41) is 9.29. The molecule has 3 heterocycles. The number of H-pyrrole nitrogens is 1. The number of rotatable bonds is 13. The Kier molecular flexibility index (Phi) is 16.4. The second-order valence-electron chi connectivity index (χ2n) is 9.90. The van der Waals surface area contributed by atoms with Crippen molar-refractivity contribution in [1.29, 1.82) is 0 Å². The van der Waals surface area contributed by atoms with E-state index in [2.05, 4.69) is 31.7 Å². The fourth-order valence-corrected chi connectivity index (χ4v) is 4.84. The van der Waals surface area contributed by atoms with E-state index >= 15 is 0 Å². The molecule has 4 N–H and O–H groups in total. The third-order valence-corrected chi connectivity index (χ3v) is 7.36. The Hall–Kier alpha value is -5.29. The molecule has 0 saturated carbocycles. The van der Waals surface area contributed by atoms with E-state index < -0.39 is 5.97 Å². The maximum atomic E-state index is 12.8. The Morgan fingerprint density at radius 1 is 0.878 bits per heavy atom. The molecule has 15 nitrogen and oxygen atoms in total. The van der Waals surface area contributed by atoms with Crippen LogP contribution in [0.25, 0.3) is 10.9 Å². The Morgan fingerprint density at radius 3 is 1.92 bits per heavy atom. The first-order valence-electron chi connectivity index (χ1n) is 14.5. The number of hydrogen-bond donors (Lipinski definition) is 3. The summed E-state index contributed by atoms with van der Waals surface area (Å²) in [7, 11) is 5.98. The Bertz CT molecular complexity index is 1890. The lowest BCUT2D eigenvalue weighted by atomic mass is 10.1. The number of fused-ring (bicyclic) bond motifs is 1. The van der Waals surface area contributed by atoms with Crippen LogP contribution >= 0.6 is 12.2 Å². The minimum absolute atomic E-state index is 0. The zero-order valence-electron chi connectivity index (χ0n) is 27.0. The molecule has 264 valence electrons. The molecule has 3 aromatic heterocycles. The zero-order valence-corrected chi connectivity index (χ0v) is 28.6. The number of carbonyl (C=O) groups is 1. The van der Waals surface area contributed by atoms with Crippen LogP contribution in [0.4, 0.5) is 5.69 Å². The van der Waals surface area contributed by atoms with Gasteiger partial charge in [-0.1, -0.05) is 7.43 Å². The summed E-state index contributed by atoms with van der Waals surface area (Å²) < 4.78 is 30.0. The lowest BCUT2D eigenvalue weighted by molar-refractivity contribution is 0.0697. The van der Waals surface area contributed by atoms with Crippen LogP contribution in [0.5, 0.6) is 23.0 Å². The van der Waals surface area contributed by atoms with Gasteiger partial charge in [-0.05, 0) is 31.1 Å². The minimum atomic E-state index is -1.09. The van der Waals surface area contributed by atoms with Crippen LogP contribution in [-0.4, -0.2) is 74.7 Å². The average molecular weight is 715 g/mol. The van der Waals surface area contributed by atoms with Crippen LogP contribution < -0.4 is 30.2 Å². The summed E-state index contributed by atoms with van der Waals surface area (Å²) in [4.78, 5) is 34.5. The van der Waals surface area contributed by atoms with Gasteiger partial charge < -0.3 is 43.9 Å². The Labute approximate surface area is 294 Å². The molecule has 0 atom stereocenters. The molecule has 49 heavy (non-hydrogen) atoms. The van der Waals surface area contributed by atoms with Crippen LogP contribution in [0.2, 0.25) is 0 Å². The topological polar surface area (TPSA) is 186 Å². The molecular formula is C32H42N8O7S2. The van der Waals surface area contributed by atoms with Gasteiger partial charge in [-0.25, -0.2) is 19.1 Å². The van der Waals surface area contributed by atoms with Crippen molar-refractivity contribution in [2.45, 2.75) is 39.9 Å². The summed E-state index contributed by atoms with van der Waals surface area (Å²) in [6, 6.07) is 6.15. The fraction of sp³-hybridized carbons (Fsp3) is 0.344. The maximum Gasteiger partial charge on any atom is 0.337 e. The highest BCUT2D eigenvalue weighted by Gasteiger charge is 2.14. The third-order valence-electron chi connectivity index (χ3n) is 6.85. The molecule has 5 rings (SSSR count). The molecule has 5 aromatic rings. The second kappa shape index (κ2) is 20.2. The fourth-order valence-electron chi connectivity index (χ4n) is 4.43. The number of anilines is 1. The number of carboxylic acid groups (broad SMARTS) is 1. The standard InChI is InChI=1S/C16H18N4O3S.C9H11NO4.C6H9N3S.CH4/c1-22-13-8-11-12(9-14(13)23-2)18-16(24)20(15(11)21)6-3-5-19-7-4-17-10-19;1-13-7-3-5(9(11)12)6(10)4-8(7)14-2;10-8-2-1-4-9-5-3-7-6-9;/h4,7-10H,3,5-6H2,1-2H3,(H,18,24);3-4H,10H2,1-2H3,(H,11,12);3,5-6H,1-2,4H2;1H4. The number of nitrogen functional groups attached to an aromatic ring is 1. The molecule has 17 heteroatoms. The van der Waals surface area contributed by atoms with E-state index in [1.807, 2.05) is 21.5 Å². The van der Waals surface area contributed by atoms with Crippen LogP contribution in [-0.2, 0) is 32.1 Å². The molecule has 0 aliphatic heterocycles. The third kappa shape index (κ3) is 11.1. The van der Waals surface area contributed by atoms with Crippen molar-refractivity contribution in [3.8, 4) is 23.0 Å². The molecule has 0 amide bonds. The molecular weight excluding hydrogens is 673 g/mol. The van der Waals surface area contributed by atoms with E-state index in [0.29, 0.717) is 45.2 Å². The molecule has 0 saturated heterocycles. The van der Waals surface area contributed by atoms with Crippen LogP contribution in [0.1, 0.15) is 30.6 Å². The number of aromatic nitrogens is 6. The first kappa shape index (κ1) is 39.9. The van der Waals surface area contributed by atoms with Crippen molar-refractivity contribution < 1.29 is 28.8 Å². The van der Waals surface area contributed by atoms with Crippen molar-refractivity contribution in [1.82, 2.24) is 28.7 Å². The molecule has 0 unspecified atom stereocenters. The van der Waals surface area contributed by atoms with E-state index in [9.17, 15) is 9.59 Å². The van der Waals surface area contributed by atoms with Crippen molar-refractivity contribution in [3.05, 3.63) is 82.4 Å². The summed E-state index contributed by atoms with van der Waals surface area (Å²) >= 11 is 9.78. The molecule has 0 radical (unpaired) electrons. The van der Waals surface area contributed by atoms with Gasteiger partial charge in [0.05, 0.1) is 69.8 Å². The number of methoxy groups -OCH3 is 4. The van der Waals surface area contributed by atoms with Gasteiger partial charge >= 0.3 is 5.97 Å². The number of aryl methyl sites for hydroxylation is 2. The van der Waals surface area contributed by atoms with Crippen LogP contribution in [0.3, 0.4) is 0 Å². The van der Waals surface area contributed by atoms with Gasteiger partial charge in [0.1, 0.15) is 0 Å². The summed E-state index contributed by atoms with van der Waals surface area (Å²) in [6.07, 6.45) is 12.6. The normalized spacial score (nSPS) is 10.0. The number of nitrogens with zero attached hydrogens (tertiary/aromatic N) is 6. The van der Waals surface area contributed by atoms with Crippen LogP contribution in [0, 0.1) is 4.77 Å². The van der Waals surface area contributed by atoms with Gasteiger partial charge in [-0.2, -0.15) is 0 Å². The minimum Gasteiger partial charge on any atom is -0.493 e. The molecule has 0 aliphatic carbocycles. The average Bonchev–Trinajstić information content (AvgIpc) is 3.81. The number of aromatic carboxylic acids is 1. The number of imidazole rings is 2. The quantitative estimate of drug-likeness (QED) is 0.0845. The molecule has 0 aliphatic rings. The SMILES string of the molecule is C.COc1cc(N)c(C(=O)O)cc1OC.COc1cc2[nH]c(=S)n(CCCn3ccnc3)c(=O)c2cc1OC.S=NCCCn1ccnc1. The molecule has 2 aromatic carbocycles. The van der Waals surface area contributed by atoms with Gasteiger partial charge in [-0.3, -0.25) is 9.36 Å². The predicted octanol–water partition coefficient (Wildman–Crippen LogP) is 4.99. The molecule has 0 fully saturated rings. The van der Waals surface area contributed by atoms with Crippen molar-refractivity contribution >= 4 is 47.2 Å². The van der Waals surface area contributed by atoms with Gasteiger partial charge in [0, 0.05) is 75.0 Å². The number of aromatic amines is 1. The number of nitrogens with one attached hydrogen (secondary N) is 1. The highest BCUT2D eigenvalue weighted by Crippen LogP contribution is 2.32. The summed E-state index contributed by atoms with van der Waals surface area (Å²) in [6.45, 7) is 3.01. The van der Waals surface area contributed by atoms with E-state index in [-0.39, 0.29) is 24.2 Å². The van der Waals surface area contributed by atoms with Gasteiger partial charge in [0.15, 0.2) is 27.8 Å². The Balaban J connectivity index is 0.000000283. The largest absolute Gasteiger partial charge is 0.493 e. The van der Waals surface area contributed by atoms with Crippen molar-refractivity contribution in [2.75, 3.05) is 40.7 Å². The number of benzene rings is 2. The highest BCUT2D eigenvalue weighted by molar-refractivity contribution is 7.71. The molecule has 0 bridgehead atoms. The number of carboxylic acids is 1. The number of hydrogen-bond acceptors (Lipinski definition) is 12. The first-order valence-corrected chi connectivity index (χ1v) is 15.3. The first-order chi connectivity index (χ1) is 23.2. The second-order valence-corrected chi connectivity index (χ2v) is 10.5. The number of nitrogens with two attached hydrogens (primary N) is 1. The number of ether oxygens (including phenoxy) is 4. The van der Waals surface area contributed by atoms with E-state index in [1.54, 1.807) is 56.0 Å². The lowest BCUT2D eigenvalue weighted by Crippen LogP contribution is -2.23. The van der Waals surface area contributed by atoms with Crippen LogP contribution in [0.15, 0.2) is 70.9 Å². The molecule has 0 spiro atoms. The van der Waals surface area contributed by atoms with Gasteiger partial charge in [0.2, 0.25) is 0 Å². The Morgan fingerprint density at radius 2 is 1.41 bits per heavy atom. The summed E-state index contributed by atoms with van der Waals surface area (Å²) in [5.74, 6) is 0.725. The smallest absolute Gasteiger partial charge is 0.337 e. The predicted molar refractivity (Wildman–Crippen MR) is 192 cm³/mol. The van der Waals surface area contributed by atoms with E-state index in [4.69, 9.17) is 42.0 Å². The zero-order chi connectivity index (χ0) is 35.1. The summed E-state index contributed by atoms with van der Waals surface area (Å²) in [5.41, 5.74) is 6.15. The van der Waals surface area contributed by atoms with E-state index in [1.165, 1.54) is 26.4 Å². The van der Waals surface area contributed by atoms with Crippen molar-refractivity contribution in [2.24, 2.45) is 4.36 Å². The van der Waals surface area contributed by atoms with Gasteiger partial charge in [-0.15, -0.1) is 0 Å². The monoisotopic (exact) mass is 714 g/mol. The lowest BCUT2D eigenvalue weighted by Gasteiger charge is -2.11. The van der Waals surface area contributed by atoms with Crippen molar-refractivity contribution in [3.63, 3.8) is 0 Å². The van der Waals surface area contributed by atoms with E-state index in [0.717, 1.165) is 32.5 Å². The maximum absolute atomic E-state index is 12.8. The highest BCUT2D eigenvalue weighted by atomic mass is 32.1. The van der Waals surface area contributed by atoms with Gasteiger partial charge in [0.25, 0.3) is 5.56 Å².